The van der Waals surface area contributed by atoms with Crippen LogP contribution < -0.4 is 28.7 Å². The van der Waals surface area contributed by atoms with E-state index in [1.807, 2.05) is 12.1 Å². The molecule has 10 heterocycles. The van der Waals surface area contributed by atoms with Gasteiger partial charge in [0.15, 0.2) is 34.5 Å². The first-order chi connectivity index (χ1) is 27.3. The van der Waals surface area contributed by atoms with Crippen LogP contribution in [-0.2, 0) is 29.9 Å². The van der Waals surface area contributed by atoms with E-state index in [1.54, 1.807) is 28.4 Å². The first-order valence-corrected chi connectivity index (χ1v) is 20.8. The average Bonchev–Trinajstić information content (AvgIpc) is 3.96. The molecule has 12 heteroatoms. The van der Waals surface area contributed by atoms with Crippen molar-refractivity contribution in [2.24, 2.45) is 23.7 Å². The van der Waals surface area contributed by atoms with Crippen molar-refractivity contribution >= 4 is 23.2 Å². The third kappa shape index (κ3) is 3.19. The van der Waals surface area contributed by atoms with Crippen molar-refractivity contribution in [2.75, 3.05) is 64.4 Å². The lowest BCUT2D eigenvalue weighted by Gasteiger charge is -2.62. The van der Waals surface area contributed by atoms with Gasteiger partial charge in [0.1, 0.15) is 12.2 Å². The lowest BCUT2D eigenvalue weighted by atomic mass is 9.52. The number of benzene rings is 2. The second kappa shape index (κ2) is 9.99. The van der Waals surface area contributed by atoms with Gasteiger partial charge in [-0.3, -0.25) is 19.4 Å². The zero-order valence-corrected chi connectivity index (χ0v) is 32.2. The summed E-state index contributed by atoms with van der Waals surface area (Å²) in [5.41, 5.74) is 6.82. The fraction of sp³-hybridized carbons (Fsp3) is 0.591. The highest BCUT2D eigenvalue weighted by atomic mass is 16.5. The number of hydrogen-bond donors (Lipinski definition) is 0. The van der Waals surface area contributed by atoms with Gasteiger partial charge in [-0.05, 0) is 85.0 Å². The zero-order valence-electron chi connectivity index (χ0n) is 32.2. The molecule has 8 fully saturated rings. The number of carbonyl (C=O) groups is 2. The van der Waals surface area contributed by atoms with E-state index in [-0.39, 0.29) is 58.8 Å². The smallest absolute Gasteiger partial charge is 0.231 e. The van der Waals surface area contributed by atoms with Crippen LogP contribution in [0.5, 0.6) is 23.0 Å². The highest BCUT2D eigenvalue weighted by Gasteiger charge is 2.75. The molecule has 6 saturated heterocycles. The van der Waals surface area contributed by atoms with Crippen molar-refractivity contribution < 1.29 is 38.0 Å². The predicted octanol–water partition coefficient (Wildman–Crippen LogP) is 3.89. The second-order valence-corrected chi connectivity index (χ2v) is 18.7. The lowest BCUT2D eigenvalue weighted by Crippen LogP contribution is -2.71. The van der Waals surface area contributed by atoms with E-state index in [0.29, 0.717) is 48.3 Å². The van der Waals surface area contributed by atoms with Crippen LogP contribution in [0.25, 0.3) is 0 Å². The van der Waals surface area contributed by atoms with Gasteiger partial charge in [-0.15, -0.1) is 0 Å². The number of hydrogen-bond acceptors (Lipinski definition) is 10. The minimum absolute atomic E-state index is 0.0233. The van der Waals surface area contributed by atoms with Crippen molar-refractivity contribution in [1.29, 1.82) is 0 Å². The molecule has 14 rings (SSSR count). The number of anilines is 2. The third-order valence-electron chi connectivity index (χ3n) is 17.6. The fourth-order valence-corrected chi connectivity index (χ4v) is 15.9. The molecule has 0 radical (unpaired) electrons. The molecule has 2 saturated carbocycles. The van der Waals surface area contributed by atoms with E-state index in [9.17, 15) is 9.59 Å². The molecule has 12 atom stereocenters. The minimum Gasteiger partial charge on any atom is -0.493 e. The molecule has 4 bridgehead atoms. The van der Waals surface area contributed by atoms with E-state index < -0.39 is 0 Å². The summed E-state index contributed by atoms with van der Waals surface area (Å²) >= 11 is 0. The van der Waals surface area contributed by atoms with Crippen LogP contribution in [0, 0.1) is 23.7 Å². The maximum absolute atomic E-state index is 14.5. The maximum Gasteiger partial charge on any atom is 0.231 e. The number of methoxy groups -OCH3 is 4. The van der Waals surface area contributed by atoms with Gasteiger partial charge in [0.25, 0.3) is 0 Å². The molecule has 2 amide bonds. The Labute approximate surface area is 325 Å². The summed E-state index contributed by atoms with van der Waals surface area (Å²) in [7, 11) is 6.73. The van der Waals surface area contributed by atoms with E-state index in [2.05, 4.69) is 31.7 Å². The Balaban J connectivity index is 0.916. The number of ether oxygens (including phenoxy) is 6. The Morgan fingerprint density at radius 2 is 1.02 bits per heavy atom. The van der Waals surface area contributed by atoms with Crippen LogP contribution in [0.15, 0.2) is 46.9 Å². The van der Waals surface area contributed by atoms with Gasteiger partial charge in [-0.25, -0.2) is 0 Å². The maximum atomic E-state index is 14.5. The molecule has 2 aliphatic carbocycles. The Kier molecular flexibility index (Phi) is 5.64. The summed E-state index contributed by atoms with van der Waals surface area (Å²) in [6, 6.07) is 9.15. The fourth-order valence-electron chi connectivity index (χ4n) is 15.9. The quantitative estimate of drug-likeness (QED) is 0.447. The molecule has 2 aromatic carbocycles. The molecular formula is C44H46N4O8. The van der Waals surface area contributed by atoms with Gasteiger partial charge in [0.05, 0.1) is 64.7 Å². The largest absolute Gasteiger partial charge is 0.493 e. The number of carbonyl (C=O) groups excluding carboxylic acids is 2. The van der Waals surface area contributed by atoms with Crippen LogP contribution in [0.3, 0.4) is 0 Å². The molecular weight excluding hydrogens is 713 g/mol. The normalized spacial score (nSPS) is 42.1. The summed E-state index contributed by atoms with van der Waals surface area (Å²) in [6.07, 6.45) is 4.30. The number of nitrogens with zero attached hydrogens (tertiary/aromatic N) is 4. The molecule has 0 N–H and O–H groups in total. The van der Waals surface area contributed by atoms with Crippen molar-refractivity contribution in [1.82, 2.24) is 9.80 Å². The second-order valence-electron chi connectivity index (χ2n) is 18.7. The summed E-state index contributed by atoms with van der Waals surface area (Å²) in [6.45, 7) is 3.64. The minimum atomic E-state index is -0.232. The number of piperidine rings is 4. The SMILES string of the molecule is COc1cc2c(cc1OC)[C@]13CCN4CC5=C(C6=C7CN8CC[C@]9%10c%11cc(OC)c(OC)cc%11N%11C(=O)C[C@H](O6)[C@H]([C@H]7C[C@@H]89)[C@@H]%11%10)O[C@@H]6CC(=O)N2[C@@H]1[C@@H]6[C@H]5C[C@H]43. The van der Waals surface area contributed by atoms with Gasteiger partial charge in [0.2, 0.25) is 11.8 Å². The average molecular weight is 759 g/mol. The van der Waals surface area contributed by atoms with Crippen LogP contribution in [-0.4, -0.2) is 113 Å². The highest BCUT2D eigenvalue weighted by molar-refractivity contribution is 6.01. The van der Waals surface area contributed by atoms with E-state index in [1.165, 1.54) is 22.3 Å². The third-order valence-corrected chi connectivity index (χ3v) is 17.6. The predicted molar refractivity (Wildman–Crippen MR) is 201 cm³/mol. The Morgan fingerprint density at radius 1 is 0.607 bits per heavy atom. The number of amides is 2. The van der Waals surface area contributed by atoms with Gasteiger partial charge in [-0.1, -0.05) is 0 Å². The molecule has 0 unspecified atom stereocenters. The first-order valence-electron chi connectivity index (χ1n) is 20.8. The lowest BCUT2D eigenvalue weighted by molar-refractivity contribution is -0.141. The number of fused-ring (bicyclic) bond motifs is 4. The molecule has 2 aromatic rings. The van der Waals surface area contributed by atoms with Crippen LogP contribution in [0.1, 0.15) is 49.7 Å². The summed E-state index contributed by atoms with van der Waals surface area (Å²) in [5, 5.41) is 0. The highest BCUT2D eigenvalue weighted by Crippen LogP contribution is 2.71. The van der Waals surface area contributed by atoms with Crippen LogP contribution in [0.2, 0.25) is 0 Å². The summed E-state index contributed by atoms with van der Waals surface area (Å²) < 4.78 is 38.0. The topological polar surface area (TPSA) is 102 Å². The first kappa shape index (κ1) is 31.6. The van der Waals surface area contributed by atoms with Gasteiger partial charge >= 0.3 is 0 Å². The van der Waals surface area contributed by atoms with Crippen molar-refractivity contribution in [2.45, 2.75) is 85.7 Å². The Morgan fingerprint density at radius 3 is 1.43 bits per heavy atom. The van der Waals surface area contributed by atoms with Gasteiger partial charge in [-0.2, -0.15) is 0 Å². The summed E-state index contributed by atoms with van der Waals surface area (Å²) in [4.78, 5) is 38.7. The molecule has 10 aliphatic heterocycles. The van der Waals surface area contributed by atoms with E-state index in [0.717, 1.165) is 86.3 Å². The molecule has 290 valence electrons. The molecule has 2 spiro atoms. The molecule has 0 aromatic heterocycles. The molecule has 12 nitrogen and oxygen atoms in total. The van der Waals surface area contributed by atoms with Gasteiger partial charge < -0.3 is 38.2 Å². The monoisotopic (exact) mass is 758 g/mol. The van der Waals surface area contributed by atoms with E-state index in [4.69, 9.17) is 28.4 Å². The van der Waals surface area contributed by atoms with E-state index >= 15 is 0 Å². The molecule has 56 heavy (non-hydrogen) atoms. The van der Waals surface area contributed by atoms with Crippen molar-refractivity contribution in [3.8, 4) is 23.0 Å². The van der Waals surface area contributed by atoms with Crippen molar-refractivity contribution in [3.63, 3.8) is 0 Å². The number of rotatable bonds is 5. The van der Waals surface area contributed by atoms with Crippen molar-refractivity contribution in [3.05, 3.63) is 58.1 Å². The molecule has 12 aliphatic rings. The Bertz CT molecular complexity index is 2160. The Hall–Kier alpha value is -4.42. The standard InChI is InChI=1S/C44H46N4O8/c1-51-27-11-23-25(13-29(27)53-3)47-35(49)15-31-37-19-9-33-43(23,41(37)47)5-7-45(33)17-21(19)39(55-31)40-22-18-46-8-6-44-24-12-28(52-2)30(54-4)14-26(24)48-36(50)16-32(56-40)38(42(44)48)20(22)10-34(44)46/h11-14,19-20,31-34,37-38,41-42H,5-10,15-18H2,1-4H3/t19-,20-,31-,32+,33+,34-,37-,38+,41+,42+,43-,44-/m0/s1. The zero-order chi connectivity index (χ0) is 37.3. The van der Waals surface area contributed by atoms with Crippen LogP contribution in [0.4, 0.5) is 11.4 Å². The van der Waals surface area contributed by atoms with Gasteiger partial charge in [0, 0.05) is 60.0 Å². The summed E-state index contributed by atoms with van der Waals surface area (Å²) in [5.74, 6) is 5.79. The van der Waals surface area contributed by atoms with Crippen LogP contribution >= 0.6 is 0 Å².